The quantitative estimate of drug-likeness (QED) is 0.603. The Morgan fingerprint density at radius 1 is 1.17 bits per heavy atom. The van der Waals surface area contributed by atoms with Crippen LogP contribution in [0.25, 0.3) is 0 Å². The number of hydrogen-bond donors (Lipinski definition) is 2. The Bertz CT molecular complexity index is 681. The minimum atomic E-state index is -1.71. The van der Waals surface area contributed by atoms with E-state index in [1.165, 1.54) is 0 Å². The second-order valence-electron chi connectivity index (χ2n) is 5.48. The SMILES string of the molecule is C[C@@H]1C[C@H]1C(=O)OCC(=O)NCC(=O)Nc1ccc(F)c(F)c1F. The molecule has 0 bridgehead atoms. The van der Waals surface area contributed by atoms with Crippen LogP contribution >= 0.6 is 0 Å². The number of rotatable bonds is 6. The molecule has 2 atom stereocenters. The molecule has 1 aliphatic rings. The minimum absolute atomic E-state index is 0.183. The Hall–Kier alpha value is -2.58. The van der Waals surface area contributed by atoms with Crippen molar-refractivity contribution in [2.45, 2.75) is 13.3 Å². The van der Waals surface area contributed by atoms with Crippen molar-refractivity contribution in [3.63, 3.8) is 0 Å². The number of benzene rings is 1. The number of esters is 1. The van der Waals surface area contributed by atoms with Crippen molar-refractivity contribution in [3.8, 4) is 0 Å². The summed E-state index contributed by atoms with van der Waals surface area (Å²) in [6, 6.07) is 1.51. The Morgan fingerprint density at radius 3 is 2.46 bits per heavy atom. The monoisotopic (exact) mass is 344 g/mol. The molecule has 0 aliphatic heterocycles. The Morgan fingerprint density at radius 2 is 1.83 bits per heavy atom. The van der Waals surface area contributed by atoms with E-state index in [-0.39, 0.29) is 11.8 Å². The highest BCUT2D eigenvalue weighted by molar-refractivity contribution is 5.95. The number of ether oxygens (including phenoxy) is 1. The van der Waals surface area contributed by atoms with E-state index in [9.17, 15) is 27.6 Å². The molecule has 2 amide bonds. The van der Waals surface area contributed by atoms with E-state index in [1.807, 2.05) is 12.2 Å². The highest BCUT2D eigenvalue weighted by Gasteiger charge is 2.40. The first-order valence-corrected chi connectivity index (χ1v) is 7.16. The van der Waals surface area contributed by atoms with Gasteiger partial charge in [0.15, 0.2) is 24.1 Å². The molecule has 0 heterocycles. The van der Waals surface area contributed by atoms with E-state index in [0.29, 0.717) is 6.07 Å². The summed E-state index contributed by atoms with van der Waals surface area (Å²) in [4.78, 5) is 34.4. The summed E-state index contributed by atoms with van der Waals surface area (Å²) < 4.78 is 43.9. The van der Waals surface area contributed by atoms with Gasteiger partial charge in [0.2, 0.25) is 5.91 Å². The molecule has 0 unspecified atom stereocenters. The van der Waals surface area contributed by atoms with Gasteiger partial charge < -0.3 is 15.4 Å². The second-order valence-corrected chi connectivity index (χ2v) is 5.48. The molecule has 0 saturated heterocycles. The first-order valence-electron chi connectivity index (χ1n) is 7.16. The van der Waals surface area contributed by atoms with Gasteiger partial charge in [0.1, 0.15) is 0 Å². The number of carbonyl (C=O) groups is 3. The van der Waals surface area contributed by atoms with Crippen LogP contribution in [0.15, 0.2) is 12.1 Å². The van der Waals surface area contributed by atoms with Gasteiger partial charge in [0.05, 0.1) is 18.2 Å². The Labute approximate surface area is 135 Å². The molecular weight excluding hydrogens is 329 g/mol. The lowest BCUT2D eigenvalue weighted by Crippen LogP contribution is -2.36. The Kier molecular flexibility index (Phi) is 5.42. The van der Waals surface area contributed by atoms with Crippen LogP contribution in [0.3, 0.4) is 0 Å². The number of amides is 2. The average Bonchev–Trinajstić information content (AvgIpc) is 3.28. The standard InChI is InChI=1S/C15H15F3N2O4/c1-7-4-8(7)15(23)24-6-12(22)19-5-11(21)20-10-3-2-9(16)13(17)14(10)18/h2-3,7-8H,4-6H2,1H3,(H,19,22)(H,20,21)/t7-,8-/m1/s1. The third kappa shape index (κ3) is 4.46. The molecule has 1 aromatic rings. The van der Waals surface area contributed by atoms with Gasteiger partial charge >= 0.3 is 5.97 Å². The molecule has 9 heteroatoms. The van der Waals surface area contributed by atoms with E-state index in [4.69, 9.17) is 4.74 Å². The number of nitrogens with one attached hydrogen (secondary N) is 2. The number of halogens is 3. The fourth-order valence-corrected chi connectivity index (χ4v) is 1.94. The van der Waals surface area contributed by atoms with Crippen molar-refractivity contribution in [2.75, 3.05) is 18.5 Å². The van der Waals surface area contributed by atoms with Gasteiger partial charge in [0.25, 0.3) is 5.91 Å². The fourth-order valence-electron chi connectivity index (χ4n) is 1.94. The third-order valence-corrected chi connectivity index (χ3v) is 3.51. The molecule has 6 nitrogen and oxygen atoms in total. The van der Waals surface area contributed by atoms with Gasteiger partial charge in [-0.1, -0.05) is 6.92 Å². The van der Waals surface area contributed by atoms with Gasteiger partial charge in [-0.2, -0.15) is 0 Å². The molecule has 0 radical (unpaired) electrons. The predicted molar refractivity (Wildman–Crippen MR) is 76.2 cm³/mol. The molecule has 2 rings (SSSR count). The van der Waals surface area contributed by atoms with Crippen molar-refractivity contribution < 1.29 is 32.3 Å². The lowest BCUT2D eigenvalue weighted by atomic mass is 10.2. The molecule has 0 spiro atoms. The number of hydrogen-bond acceptors (Lipinski definition) is 4. The molecular formula is C15H15F3N2O4. The van der Waals surface area contributed by atoms with Gasteiger partial charge in [0, 0.05) is 0 Å². The first-order chi connectivity index (χ1) is 11.3. The van der Waals surface area contributed by atoms with E-state index in [1.54, 1.807) is 0 Å². The van der Waals surface area contributed by atoms with Gasteiger partial charge in [-0.25, -0.2) is 13.2 Å². The van der Waals surface area contributed by atoms with E-state index in [0.717, 1.165) is 12.5 Å². The van der Waals surface area contributed by atoms with Crippen molar-refractivity contribution >= 4 is 23.5 Å². The maximum absolute atomic E-state index is 13.4. The van der Waals surface area contributed by atoms with Crippen molar-refractivity contribution in [1.82, 2.24) is 5.32 Å². The molecule has 2 N–H and O–H groups in total. The van der Waals surface area contributed by atoms with Crippen LogP contribution in [0.1, 0.15) is 13.3 Å². The molecule has 130 valence electrons. The topological polar surface area (TPSA) is 84.5 Å². The van der Waals surface area contributed by atoms with Gasteiger partial charge in [-0.05, 0) is 24.5 Å². The maximum Gasteiger partial charge on any atom is 0.309 e. The zero-order chi connectivity index (χ0) is 17.9. The summed E-state index contributed by atoms with van der Waals surface area (Å²) in [7, 11) is 0. The van der Waals surface area contributed by atoms with E-state index in [2.05, 4.69) is 5.32 Å². The van der Waals surface area contributed by atoms with Crippen LogP contribution in [-0.2, 0) is 19.1 Å². The molecule has 24 heavy (non-hydrogen) atoms. The van der Waals surface area contributed by atoms with Crippen LogP contribution in [0.5, 0.6) is 0 Å². The van der Waals surface area contributed by atoms with Crippen molar-refractivity contribution in [2.24, 2.45) is 11.8 Å². The van der Waals surface area contributed by atoms with Crippen LogP contribution in [0.2, 0.25) is 0 Å². The van der Waals surface area contributed by atoms with Gasteiger partial charge in [-0.3, -0.25) is 14.4 Å². The molecule has 0 aromatic heterocycles. The highest BCUT2D eigenvalue weighted by atomic mass is 19.2. The smallest absolute Gasteiger partial charge is 0.309 e. The summed E-state index contributed by atoms with van der Waals surface area (Å²) in [5.41, 5.74) is -0.553. The summed E-state index contributed by atoms with van der Waals surface area (Å²) in [6.45, 7) is 0.803. The molecule has 1 fully saturated rings. The summed E-state index contributed by atoms with van der Waals surface area (Å²) in [5, 5.41) is 4.15. The lowest BCUT2D eigenvalue weighted by Gasteiger charge is -2.09. The van der Waals surface area contributed by atoms with E-state index < -0.39 is 54.1 Å². The third-order valence-electron chi connectivity index (χ3n) is 3.51. The van der Waals surface area contributed by atoms with Crippen LogP contribution in [0, 0.1) is 29.3 Å². The zero-order valence-corrected chi connectivity index (χ0v) is 12.7. The Balaban J connectivity index is 1.74. The summed E-state index contributed by atoms with van der Waals surface area (Å²) >= 11 is 0. The lowest BCUT2D eigenvalue weighted by molar-refractivity contribution is -0.150. The fraction of sp³-hybridized carbons (Fsp3) is 0.400. The molecule has 1 aliphatic carbocycles. The van der Waals surface area contributed by atoms with Crippen LogP contribution in [0.4, 0.5) is 18.9 Å². The largest absolute Gasteiger partial charge is 0.455 e. The van der Waals surface area contributed by atoms with Crippen molar-refractivity contribution in [1.29, 1.82) is 0 Å². The normalized spacial score (nSPS) is 18.7. The average molecular weight is 344 g/mol. The maximum atomic E-state index is 13.4. The van der Waals surface area contributed by atoms with Gasteiger partial charge in [-0.15, -0.1) is 0 Å². The zero-order valence-electron chi connectivity index (χ0n) is 12.7. The predicted octanol–water partition coefficient (Wildman–Crippen LogP) is 1.36. The number of anilines is 1. The summed E-state index contributed by atoms with van der Waals surface area (Å²) in [6.07, 6.45) is 0.725. The summed E-state index contributed by atoms with van der Waals surface area (Å²) in [5.74, 6) is -6.60. The van der Waals surface area contributed by atoms with Crippen LogP contribution < -0.4 is 10.6 Å². The minimum Gasteiger partial charge on any atom is -0.455 e. The molecule has 1 saturated carbocycles. The van der Waals surface area contributed by atoms with Crippen LogP contribution in [-0.4, -0.2) is 30.9 Å². The second kappa shape index (κ2) is 7.33. The van der Waals surface area contributed by atoms with E-state index >= 15 is 0 Å². The molecule has 1 aromatic carbocycles. The first kappa shape index (κ1) is 17.8. The van der Waals surface area contributed by atoms with Crippen molar-refractivity contribution in [3.05, 3.63) is 29.6 Å². The number of carbonyl (C=O) groups excluding carboxylic acids is 3. The highest BCUT2D eigenvalue weighted by Crippen LogP contribution is 2.38.